The molecule has 8 nitrogen and oxygen atoms in total. The maximum atomic E-state index is 16.4. The first-order chi connectivity index (χ1) is 22.0. The number of halogens is 1. The third kappa shape index (κ3) is 5.18. The molecule has 6 rings (SSSR count). The summed E-state index contributed by atoms with van der Waals surface area (Å²) in [4.78, 5) is 45.6. The molecule has 0 aromatic heterocycles. The molecule has 0 saturated carbocycles. The molecule has 1 saturated heterocycles. The monoisotopic (exact) mass is 641 g/mol. The van der Waals surface area contributed by atoms with Crippen LogP contribution >= 0.6 is 0 Å². The summed E-state index contributed by atoms with van der Waals surface area (Å²) in [6, 6.07) is 22.0. The van der Waals surface area contributed by atoms with Gasteiger partial charge in [-0.25, -0.2) is 0 Å². The molecule has 5 atom stereocenters. The lowest BCUT2D eigenvalue weighted by atomic mass is 9.82. The number of nitrogens with zero attached hydrogens (tertiary/aromatic N) is 3. The van der Waals surface area contributed by atoms with E-state index in [1.807, 2.05) is 61.5 Å². The van der Waals surface area contributed by atoms with Crippen LogP contribution < -0.4 is 9.80 Å². The van der Waals surface area contributed by atoms with E-state index in [0.717, 1.165) is 17.5 Å². The van der Waals surface area contributed by atoms with Crippen LogP contribution in [0.2, 0.25) is 18.6 Å². The van der Waals surface area contributed by atoms with Gasteiger partial charge in [-0.2, -0.15) is 0 Å². The Morgan fingerprint density at radius 3 is 2.46 bits per heavy atom. The Morgan fingerprint density at radius 1 is 1.11 bits per heavy atom. The molecular weight excluding hydrogens is 601 g/mol. The lowest BCUT2D eigenvalue weighted by Crippen LogP contribution is -2.48. The van der Waals surface area contributed by atoms with Crippen molar-refractivity contribution in [3.05, 3.63) is 102 Å². The van der Waals surface area contributed by atoms with Crippen LogP contribution in [0.4, 0.5) is 21.2 Å². The van der Waals surface area contributed by atoms with Crippen molar-refractivity contribution in [3.8, 4) is 0 Å². The highest BCUT2D eigenvalue weighted by molar-refractivity contribution is 6.72. The van der Waals surface area contributed by atoms with Crippen LogP contribution in [0, 0.1) is 5.92 Å². The lowest BCUT2D eigenvalue weighted by molar-refractivity contribution is -0.150. The average Bonchev–Trinajstić information content (AvgIpc) is 3.47. The van der Waals surface area contributed by atoms with Gasteiger partial charge in [-0.05, 0) is 61.0 Å². The van der Waals surface area contributed by atoms with E-state index in [4.69, 9.17) is 4.74 Å². The van der Waals surface area contributed by atoms with Crippen LogP contribution in [0.15, 0.2) is 85.5 Å². The van der Waals surface area contributed by atoms with E-state index in [2.05, 4.69) is 6.58 Å². The largest absolute Gasteiger partial charge is 0.394 e. The number of carbonyl (C=O) groups excluding carboxylic acids is 3. The number of hydrogen-bond acceptors (Lipinski definition) is 5. The SMILES string of the molecule is C=CCN1C(=O)[C@@]2(O[C@@H](CC(=O)N3Cc4ccccc4C[C@H]3CO)[C@H]([Si](C)(C)F)[C@H]2C)c2cc(N(C=O)c3ccccc3)ccc21. The molecule has 240 valence electrons. The Labute approximate surface area is 270 Å². The first-order valence-electron chi connectivity index (χ1n) is 15.8. The lowest BCUT2D eigenvalue weighted by Gasteiger charge is -2.37. The van der Waals surface area contributed by atoms with Crippen LogP contribution in [-0.4, -0.2) is 61.9 Å². The van der Waals surface area contributed by atoms with Gasteiger partial charge in [0.1, 0.15) is 0 Å². The van der Waals surface area contributed by atoms with Crippen LogP contribution in [0.1, 0.15) is 30.0 Å². The minimum atomic E-state index is -3.53. The summed E-state index contributed by atoms with van der Waals surface area (Å²) in [6.07, 6.45) is 1.88. The van der Waals surface area contributed by atoms with Gasteiger partial charge in [0.2, 0.25) is 20.7 Å². The number of para-hydroxylation sites is 1. The Hall–Kier alpha value is -4.12. The molecule has 10 heteroatoms. The molecule has 3 aliphatic heterocycles. The van der Waals surface area contributed by atoms with E-state index in [-0.39, 0.29) is 31.4 Å². The number of benzene rings is 3. The van der Waals surface area contributed by atoms with Crippen molar-refractivity contribution < 1.29 is 28.3 Å². The van der Waals surface area contributed by atoms with Crippen LogP contribution in [0.5, 0.6) is 0 Å². The van der Waals surface area contributed by atoms with E-state index in [9.17, 15) is 19.5 Å². The maximum absolute atomic E-state index is 16.4. The molecule has 0 bridgehead atoms. The zero-order chi connectivity index (χ0) is 32.8. The van der Waals surface area contributed by atoms with Gasteiger partial charge < -0.3 is 23.8 Å². The molecule has 1 spiro atoms. The maximum Gasteiger partial charge on any atom is 0.264 e. The van der Waals surface area contributed by atoms with Gasteiger partial charge in [-0.3, -0.25) is 19.3 Å². The molecule has 3 aromatic rings. The molecule has 0 radical (unpaired) electrons. The Balaban J connectivity index is 1.40. The normalized spacial score (nSPS) is 25.4. The Morgan fingerprint density at radius 2 is 1.80 bits per heavy atom. The smallest absolute Gasteiger partial charge is 0.264 e. The van der Waals surface area contributed by atoms with Gasteiger partial charge in [0.25, 0.3) is 5.91 Å². The molecule has 3 aliphatic rings. The highest BCUT2D eigenvalue weighted by atomic mass is 28.4. The number of hydrogen-bond donors (Lipinski definition) is 1. The van der Waals surface area contributed by atoms with E-state index in [1.54, 1.807) is 47.2 Å². The average molecular weight is 642 g/mol. The highest BCUT2D eigenvalue weighted by Gasteiger charge is 2.67. The predicted molar refractivity (Wildman–Crippen MR) is 178 cm³/mol. The zero-order valence-corrected chi connectivity index (χ0v) is 27.4. The second-order valence-electron chi connectivity index (χ2n) is 13.0. The quantitative estimate of drug-likeness (QED) is 0.142. The minimum absolute atomic E-state index is 0.121. The number of fused-ring (bicyclic) bond motifs is 3. The number of rotatable bonds is 9. The summed E-state index contributed by atoms with van der Waals surface area (Å²) in [5.74, 6) is -1.18. The van der Waals surface area contributed by atoms with Crippen LogP contribution in [0.3, 0.4) is 0 Å². The number of amides is 3. The summed E-state index contributed by atoms with van der Waals surface area (Å²) in [5.41, 5.74) is 2.21. The zero-order valence-electron chi connectivity index (χ0n) is 26.4. The number of ether oxygens (including phenoxy) is 1. The highest BCUT2D eigenvalue weighted by Crippen LogP contribution is 2.60. The van der Waals surface area contributed by atoms with Crippen molar-refractivity contribution in [2.75, 3.05) is 23.0 Å². The fourth-order valence-electron chi connectivity index (χ4n) is 7.89. The second-order valence-corrected chi connectivity index (χ2v) is 16.8. The van der Waals surface area contributed by atoms with Crippen LogP contribution in [-0.2, 0) is 37.7 Å². The topological polar surface area (TPSA) is 90.4 Å². The molecule has 46 heavy (non-hydrogen) atoms. The summed E-state index contributed by atoms with van der Waals surface area (Å²) >= 11 is 0. The number of aliphatic hydroxyl groups is 1. The van der Waals surface area contributed by atoms with E-state index < -0.39 is 37.6 Å². The fourth-order valence-corrected chi connectivity index (χ4v) is 10.4. The first kappa shape index (κ1) is 31.8. The second kappa shape index (κ2) is 12.2. The number of anilines is 3. The van der Waals surface area contributed by atoms with Gasteiger partial charge in [0.05, 0.1) is 30.9 Å². The van der Waals surface area contributed by atoms with Gasteiger partial charge in [-0.15, -0.1) is 6.58 Å². The van der Waals surface area contributed by atoms with Crippen molar-refractivity contribution in [1.82, 2.24) is 4.90 Å². The van der Waals surface area contributed by atoms with Gasteiger partial charge in [0.15, 0.2) is 5.60 Å². The summed E-state index contributed by atoms with van der Waals surface area (Å²) in [7, 11) is -3.53. The Kier molecular flexibility index (Phi) is 8.47. The summed E-state index contributed by atoms with van der Waals surface area (Å²) in [6.45, 7) is 9.25. The van der Waals surface area contributed by atoms with Gasteiger partial charge in [-0.1, -0.05) is 55.5 Å². The van der Waals surface area contributed by atoms with E-state index in [1.165, 1.54) is 4.90 Å². The molecule has 3 amide bonds. The van der Waals surface area contributed by atoms with E-state index in [0.29, 0.717) is 35.6 Å². The van der Waals surface area contributed by atoms with Crippen molar-refractivity contribution in [2.45, 2.75) is 62.7 Å². The molecule has 1 N–H and O–H groups in total. The van der Waals surface area contributed by atoms with E-state index >= 15 is 4.11 Å². The predicted octanol–water partition coefficient (Wildman–Crippen LogP) is 5.62. The van der Waals surface area contributed by atoms with Crippen LogP contribution in [0.25, 0.3) is 0 Å². The third-order valence-corrected chi connectivity index (χ3v) is 12.4. The minimum Gasteiger partial charge on any atom is -0.394 e. The summed E-state index contributed by atoms with van der Waals surface area (Å²) < 4.78 is 23.2. The number of carbonyl (C=O) groups is 3. The summed E-state index contributed by atoms with van der Waals surface area (Å²) in [5, 5.41) is 10.2. The van der Waals surface area contributed by atoms with Crippen molar-refractivity contribution in [3.63, 3.8) is 0 Å². The molecule has 3 heterocycles. The molecule has 0 aliphatic carbocycles. The van der Waals surface area contributed by atoms with Crippen molar-refractivity contribution in [1.29, 1.82) is 0 Å². The van der Waals surface area contributed by atoms with Crippen molar-refractivity contribution >= 4 is 43.7 Å². The third-order valence-electron chi connectivity index (χ3n) is 9.94. The molecule has 1 fully saturated rings. The van der Waals surface area contributed by atoms with Gasteiger partial charge >= 0.3 is 0 Å². The van der Waals surface area contributed by atoms with Gasteiger partial charge in [0, 0.05) is 41.5 Å². The van der Waals surface area contributed by atoms with Crippen molar-refractivity contribution in [2.24, 2.45) is 5.92 Å². The molecule has 3 aromatic carbocycles. The molecular formula is C36H40FN3O5Si. The fraction of sp³-hybridized carbons (Fsp3) is 0.361. The Bertz CT molecular complexity index is 1660. The number of aliphatic hydroxyl groups excluding tert-OH is 1. The first-order valence-corrected chi connectivity index (χ1v) is 18.7. The molecule has 0 unspecified atom stereocenters. The standard InChI is InChI=1S/C36H40FN3O5Si/c1-5-17-38-31-16-15-28(40(23-42)27-13-7-6-8-14-27)19-30(31)36(35(38)44)24(2)34(46(3,4)37)32(45-36)20-33(43)39-21-26-12-10-9-11-25(26)18-29(39)22-41/h5-16,19,23-24,29,32,34,41H,1,17-18,20-22H2,2-4H3/t24-,29+,32+,34-,36+/m1/s1.